The summed E-state index contributed by atoms with van der Waals surface area (Å²) in [4.78, 5) is 17.6. The lowest BCUT2D eigenvalue weighted by atomic mass is 10.1. The zero-order chi connectivity index (χ0) is 17.1. The Hall–Kier alpha value is -2.41. The lowest BCUT2D eigenvalue weighted by Gasteiger charge is -2.26. The van der Waals surface area contributed by atoms with E-state index in [0.29, 0.717) is 50.0 Å². The van der Waals surface area contributed by atoms with Gasteiger partial charge in [0.2, 0.25) is 11.7 Å². The number of H-pyrrole nitrogens is 1. The second-order valence-corrected chi connectivity index (χ2v) is 5.55. The summed E-state index contributed by atoms with van der Waals surface area (Å²) in [6.45, 7) is 2.45. The van der Waals surface area contributed by atoms with Crippen LogP contribution in [0.3, 0.4) is 0 Å². The Labute approximate surface area is 140 Å². The molecule has 1 aromatic heterocycles. The number of ether oxygens (including phenoxy) is 4. The second-order valence-electron chi connectivity index (χ2n) is 5.55. The molecule has 2 heterocycles. The number of rotatable bonds is 5. The number of benzene rings is 1. The van der Waals surface area contributed by atoms with Crippen molar-refractivity contribution < 1.29 is 23.7 Å². The van der Waals surface area contributed by atoms with Crippen LogP contribution in [-0.2, 0) is 16.0 Å². The van der Waals surface area contributed by atoms with E-state index < -0.39 is 0 Å². The van der Waals surface area contributed by atoms with Gasteiger partial charge in [-0.15, -0.1) is 0 Å². The fraction of sp³-hybridized carbons (Fsp3) is 0.471. The number of carbonyl (C=O) groups excluding carboxylic acids is 1. The van der Waals surface area contributed by atoms with Gasteiger partial charge in [-0.2, -0.15) is 0 Å². The molecular weight excluding hydrogens is 312 g/mol. The molecule has 3 rings (SSSR count). The van der Waals surface area contributed by atoms with Gasteiger partial charge in [-0.05, 0) is 5.56 Å². The van der Waals surface area contributed by atoms with E-state index >= 15 is 0 Å². The lowest BCUT2D eigenvalue weighted by molar-refractivity contribution is -0.134. The number of nitrogens with zero attached hydrogens (tertiary/aromatic N) is 1. The molecule has 0 bridgehead atoms. The van der Waals surface area contributed by atoms with Crippen LogP contribution in [0.1, 0.15) is 5.56 Å². The summed E-state index contributed by atoms with van der Waals surface area (Å²) in [7, 11) is 4.73. The largest absolute Gasteiger partial charge is 0.493 e. The maximum atomic E-state index is 12.5. The third-order valence-electron chi connectivity index (χ3n) is 4.26. The van der Waals surface area contributed by atoms with Crippen LogP contribution in [0.4, 0.5) is 0 Å². The van der Waals surface area contributed by atoms with Gasteiger partial charge in [-0.3, -0.25) is 4.79 Å². The predicted octanol–water partition coefficient (Wildman–Crippen LogP) is 1.59. The smallest absolute Gasteiger partial charge is 0.227 e. The minimum absolute atomic E-state index is 0.0797. The van der Waals surface area contributed by atoms with Crippen molar-refractivity contribution in [2.75, 3.05) is 47.6 Å². The molecule has 1 aliphatic rings. The van der Waals surface area contributed by atoms with E-state index in [-0.39, 0.29) is 5.91 Å². The predicted molar refractivity (Wildman–Crippen MR) is 89.1 cm³/mol. The van der Waals surface area contributed by atoms with Gasteiger partial charge in [-0.1, -0.05) is 0 Å². The summed E-state index contributed by atoms with van der Waals surface area (Å²) >= 11 is 0. The summed E-state index contributed by atoms with van der Waals surface area (Å²) in [5.74, 6) is 1.75. The second kappa shape index (κ2) is 7.00. The highest BCUT2D eigenvalue weighted by molar-refractivity contribution is 5.96. The summed E-state index contributed by atoms with van der Waals surface area (Å²) in [6, 6.07) is 1.85. The molecule has 0 saturated carbocycles. The summed E-state index contributed by atoms with van der Waals surface area (Å²) in [5, 5.41) is 0.844. The van der Waals surface area contributed by atoms with E-state index in [1.54, 1.807) is 21.3 Å². The Morgan fingerprint density at radius 2 is 1.88 bits per heavy atom. The highest BCUT2D eigenvalue weighted by Gasteiger charge is 2.23. The fourth-order valence-corrected chi connectivity index (χ4v) is 3.05. The quantitative estimate of drug-likeness (QED) is 0.899. The average Bonchev–Trinajstić information content (AvgIpc) is 3.03. The molecule has 24 heavy (non-hydrogen) atoms. The molecule has 1 N–H and O–H groups in total. The highest BCUT2D eigenvalue weighted by atomic mass is 16.5. The number of amides is 1. The molecule has 1 aliphatic heterocycles. The minimum atomic E-state index is 0.0797. The highest BCUT2D eigenvalue weighted by Crippen LogP contribution is 2.44. The van der Waals surface area contributed by atoms with Gasteiger partial charge in [-0.25, -0.2) is 0 Å². The maximum Gasteiger partial charge on any atom is 0.227 e. The molecule has 1 amide bonds. The van der Waals surface area contributed by atoms with Crippen molar-refractivity contribution >= 4 is 16.8 Å². The normalized spacial score (nSPS) is 14.7. The third kappa shape index (κ3) is 2.87. The van der Waals surface area contributed by atoms with E-state index in [2.05, 4.69) is 4.98 Å². The van der Waals surface area contributed by atoms with Crippen molar-refractivity contribution in [2.24, 2.45) is 0 Å². The molecule has 0 unspecified atom stereocenters. The molecular formula is C17H22N2O5. The first kappa shape index (κ1) is 16.4. The Kier molecular flexibility index (Phi) is 4.80. The number of hydrogen-bond acceptors (Lipinski definition) is 5. The molecule has 7 heteroatoms. The number of carbonyl (C=O) groups is 1. The summed E-state index contributed by atoms with van der Waals surface area (Å²) < 4.78 is 21.6. The molecule has 0 aliphatic carbocycles. The Balaban J connectivity index is 1.98. The zero-order valence-electron chi connectivity index (χ0n) is 14.2. The fourth-order valence-electron chi connectivity index (χ4n) is 3.05. The van der Waals surface area contributed by atoms with Crippen molar-refractivity contribution in [3.05, 3.63) is 17.8 Å². The number of aromatic nitrogens is 1. The lowest BCUT2D eigenvalue weighted by Crippen LogP contribution is -2.41. The van der Waals surface area contributed by atoms with Crippen LogP contribution >= 0.6 is 0 Å². The van der Waals surface area contributed by atoms with E-state index in [1.165, 1.54) is 0 Å². The van der Waals surface area contributed by atoms with Crippen LogP contribution in [-0.4, -0.2) is 63.4 Å². The Morgan fingerprint density at radius 3 is 2.50 bits per heavy atom. The monoisotopic (exact) mass is 334 g/mol. The number of methoxy groups -OCH3 is 3. The maximum absolute atomic E-state index is 12.5. The van der Waals surface area contributed by atoms with Crippen LogP contribution in [0.15, 0.2) is 12.3 Å². The number of aromatic amines is 1. The number of morpholine rings is 1. The van der Waals surface area contributed by atoms with Gasteiger partial charge in [0, 0.05) is 30.7 Å². The van der Waals surface area contributed by atoms with Gasteiger partial charge >= 0.3 is 0 Å². The minimum Gasteiger partial charge on any atom is -0.493 e. The van der Waals surface area contributed by atoms with Gasteiger partial charge in [0.05, 0.1) is 46.5 Å². The SMILES string of the molecule is COc1cc2[nH]cc(CC(=O)N3CCOCC3)c2c(OC)c1OC. The van der Waals surface area contributed by atoms with E-state index in [0.717, 1.165) is 16.5 Å². The van der Waals surface area contributed by atoms with Crippen molar-refractivity contribution in [1.29, 1.82) is 0 Å². The molecule has 0 atom stereocenters. The topological polar surface area (TPSA) is 73.0 Å². The van der Waals surface area contributed by atoms with Crippen molar-refractivity contribution in [3.8, 4) is 17.2 Å². The number of fused-ring (bicyclic) bond motifs is 1. The van der Waals surface area contributed by atoms with Crippen LogP contribution in [0.25, 0.3) is 10.9 Å². The number of nitrogens with one attached hydrogen (secondary N) is 1. The Bertz CT molecular complexity index is 734. The first-order valence-corrected chi connectivity index (χ1v) is 7.84. The summed E-state index contributed by atoms with van der Waals surface area (Å²) in [6.07, 6.45) is 2.14. The molecule has 130 valence electrons. The van der Waals surface area contributed by atoms with Crippen LogP contribution in [0.5, 0.6) is 17.2 Å². The zero-order valence-corrected chi connectivity index (χ0v) is 14.2. The van der Waals surface area contributed by atoms with Crippen LogP contribution in [0, 0.1) is 0 Å². The molecule has 0 spiro atoms. The molecule has 1 fully saturated rings. The van der Waals surface area contributed by atoms with Gasteiger partial charge < -0.3 is 28.8 Å². The Morgan fingerprint density at radius 1 is 1.17 bits per heavy atom. The molecule has 0 radical (unpaired) electrons. The number of hydrogen-bond donors (Lipinski definition) is 1. The van der Waals surface area contributed by atoms with Gasteiger partial charge in [0.15, 0.2) is 11.5 Å². The average molecular weight is 334 g/mol. The van der Waals surface area contributed by atoms with E-state index in [4.69, 9.17) is 18.9 Å². The van der Waals surface area contributed by atoms with Gasteiger partial charge in [0.25, 0.3) is 0 Å². The van der Waals surface area contributed by atoms with E-state index in [9.17, 15) is 4.79 Å². The van der Waals surface area contributed by atoms with Gasteiger partial charge in [0.1, 0.15) is 0 Å². The molecule has 2 aromatic rings. The van der Waals surface area contributed by atoms with Crippen LogP contribution in [0.2, 0.25) is 0 Å². The molecule has 7 nitrogen and oxygen atoms in total. The van der Waals surface area contributed by atoms with Crippen molar-refractivity contribution in [2.45, 2.75) is 6.42 Å². The molecule has 1 saturated heterocycles. The van der Waals surface area contributed by atoms with Crippen molar-refractivity contribution in [1.82, 2.24) is 9.88 Å². The first-order chi connectivity index (χ1) is 11.7. The summed E-state index contributed by atoms with van der Waals surface area (Å²) in [5.41, 5.74) is 1.72. The third-order valence-corrected chi connectivity index (χ3v) is 4.26. The van der Waals surface area contributed by atoms with Crippen molar-refractivity contribution in [3.63, 3.8) is 0 Å². The standard InChI is InChI=1S/C17H22N2O5/c1-21-13-9-12-15(17(23-3)16(13)22-2)11(10-18-12)8-14(20)19-4-6-24-7-5-19/h9-10,18H,4-8H2,1-3H3. The molecule has 1 aromatic carbocycles. The van der Waals surface area contributed by atoms with Crippen LogP contribution < -0.4 is 14.2 Å². The van der Waals surface area contributed by atoms with E-state index in [1.807, 2.05) is 17.2 Å². The first-order valence-electron chi connectivity index (χ1n) is 7.84.